The maximum Gasteiger partial charge on any atom is 0.338 e. The Hall–Kier alpha value is -3.39. The predicted octanol–water partition coefficient (Wildman–Crippen LogP) is 4.81. The van der Waals surface area contributed by atoms with Crippen LogP contribution in [0.25, 0.3) is 5.69 Å². The van der Waals surface area contributed by atoms with Crippen LogP contribution in [0.5, 0.6) is 5.75 Å². The monoisotopic (exact) mass is 497 g/mol. The molecular weight excluding hydrogens is 474 g/mol. The summed E-state index contributed by atoms with van der Waals surface area (Å²) in [5.74, 6) is -0.278. The number of amides is 1. The van der Waals surface area contributed by atoms with Gasteiger partial charge in [0.1, 0.15) is 5.75 Å². The standard InChI is InChI=1S/C24H24BrN3O4/c1-5-32-24(30)17-7-6-8-20(12-17)28-15(2)11-18(16(28)3)14-26-27-23(29)21-13-19(25)9-10-22(21)31-4/h6-14H,5H2,1-4H3,(H,27,29)/b26-14+. The number of carbonyl (C=O) groups excluding carboxylic acids is 2. The van der Waals surface area contributed by atoms with E-state index in [4.69, 9.17) is 9.47 Å². The molecule has 0 spiro atoms. The van der Waals surface area contributed by atoms with Gasteiger partial charge >= 0.3 is 5.97 Å². The van der Waals surface area contributed by atoms with E-state index in [0.717, 1.165) is 27.1 Å². The molecule has 1 amide bonds. The van der Waals surface area contributed by atoms with Crippen LogP contribution in [0.3, 0.4) is 0 Å². The molecule has 1 N–H and O–H groups in total. The Bertz CT molecular complexity index is 1180. The molecule has 0 saturated carbocycles. The summed E-state index contributed by atoms with van der Waals surface area (Å²) in [7, 11) is 1.51. The van der Waals surface area contributed by atoms with Gasteiger partial charge in [0, 0.05) is 27.1 Å². The Labute approximate surface area is 195 Å². The Morgan fingerprint density at radius 2 is 1.94 bits per heavy atom. The molecule has 1 aromatic heterocycles. The molecule has 0 aliphatic rings. The third kappa shape index (κ3) is 5.08. The molecule has 1 heterocycles. The molecule has 3 rings (SSSR count). The molecule has 0 aliphatic carbocycles. The fourth-order valence-electron chi connectivity index (χ4n) is 3.38. The van der Waals surface area contributed by atoms with E-state index in [1.807, 2.05) is 36.6 Å². The quantitative estimate of drug-likeness (QED) is 0.288. The van der Waals surface area contributed by atoms with Gasteiger partial charge in [-0.2, -0.15) is 5.10 Å². The van der Waals surface area contributed by atoms with Gasteiger partial charge in [0.05, 0.1) is 31.1 Å². The molecule has 0 saturated heterocycles. The molecule has 0 aliphatic heterocycles. The highest BCUT2D eigenvalue weighted by molar-refractivity contribution is 9.10. The molecular formula is C24H24BrN3O4. The van der Waals surface area contributed by atoms with Crippen LogP contribution in [0.1, 0.15) is 44.6 Å². The largest absolute Gasteiger partial charge is 0.496 e. The van der Waals surface area contributed by atoms with E-state index in [-0.39, 0.29) is 11.9 Å². The van der Waals surface area contributed by atoms with E-state index < -0.39 is 0 Å². The summed E-state index contributed by atoms with van der Waals surface area (Å²) in [5, 5.41) is 4.12. The lowest BCUT2D eigenvalue weighted by Gasteiger charge is -2.11. The maximum atomic E-state index is 12.5. The first-order valence-corrected chi connectivity index (χ1v) is 10.8. The van der Waals surface area contributed by atoms with Gasteiger partial charge in [-0.1, -0.05) is 22.0 Å². The van der Waals surface area contributed by atoms with Crippen molar-refractivity contribution in [1.29, 1.82) is 0 Å². The number of esters is 1. The van der Waals surface area contributed by atoms with Gasteiger partial charge in [-0.3, -0.25) is 4.79 Å². The van der Waals surface area contributed by atoms with Crippen LogP contribution < -0.4 is 10.2 Å². The lowest BCUT2D eigenvalue weighted by molar-refractivity contribution is 0.0526. The molecule has 0 atom stereocenters. The number of hydrazone groups is 1. The van der Waals surface area contributed by atoms with Crippen molar-refractivity contribution in [3.8, 4) is 11.4 Å². The Kier molecular flexibility index (Phi) is 7.48. The molecule has 0 radical (unpaired) electrons. The van der Waals surface area contributed by atoms with Crippen LogP contribution in [0, 0.1) is 13.8 Å². The number of carbonyl (C=O) groups is 2. The summed E-state index contributed by atoms with van der Waals surface area (Å²) >= 11 is 3.36. The van der Waals surface area contributed by atoms with Crippen LogP contribution in [-0.4, -0.2) is 36.4 Å². The van der Waals surface area contributed by atoms with Gasteiger partial charge in [0.15, 0.2) is 0 Å². The van der Waals surface area contributed by atoms with Gasteiger partial charge in [-0.25, -0.2) is 10.2 Å². The molecule has 0 fully saturated rings. The van der Waals surface area contributed by atoms with Crippen molar-refractivity contribution >= 4 is 34.0 Å². The van der Waals surface area contributed by atoms with E-state index in [1.165, 1.54) is 7.11 Å². The van der Waals surface area contributed by atoms with E-state index in [1.54, 1.807) is 43.5 Å². The van der Waals surface area contributed by atoms with Crippen LogP contribution in [0.4, 0.5) is 0 Å². The van der Waals surface area contributed by atoms with E-state index in [2.05, 4.69) is 26.5 Å². The number of hydrogen-bond acceptors (Lipinski definition) is 5. The van der Waals surface area contributed by atoms with Gasteiger partial charge in [0.25, 0.3) is 5.91 Å². The average molecular weight is 498 g/mol. The van der Waals surface area contributed by atoms with E-state index >= 15 is 0 Å². The summed E-state index contributed by atoms with van der Waals surface area (Å²) in [6, 6.07) is 14.4. The highest BCUT2D eigenvalue weighted by Crippen LogP contribution is 2.23. The zero-order valence-corrected chi connectivity index (χ0v) is 19.9. The number of aromatic nitrogens is 1. The minimum absolute atomic E-state index is 0.322. The van der Waals surface area contributed by atoms with Crippen LogP contribution >= 0.6 is 15.9 Å². The van der Waals surface area contributed by atoms with Crippen molar-refractivity contribution in [3.63, 3.8) is 0 Å². The van der Waals surface area contributed by atoms with Crippen LogP contribution in [-0.2, 0) is 4.74 Å². The van der Waals surface area contributed by atoms with Gasteiger partial charge in [-0.15, -0.1) is 0 Å². The average Bonchev–Trinajstić information content (AvgIpc) is 3.06. The second kappa shape index (κ2) is 10.3. The number of aryl methyl sites for hydroxylation is 1. The SMILES string of the molecule is CCOC(=O)c1cccc(-n2c(C)cc(/C=N/NC(=O)c3cc(Br)ccc3OC)c2C)c1. The number of nitrogens with one attached hydrogen (secondary N) is 1. The predicted molar refractivity (Wildman–Crippen MR) is 127 cm³/mol. The first kappa shape index (κ1) is 23.3. The molecule has 8 heteroatoms. The van der Waals surface area contributed by atoms with Crippen LogP contribution in [0.2, 0.25) is 0 Å². The lowest BCUT2D eigenvalue weighted by atomic mass is 10.2. The Balaban J connectivity index is 1.82. The molecule has 166 valence electrons. The molecule has 7 nitrogen and oxygen atoms in total. The molecule has 3 aromatic rings. The van der Waals surface area contributed by atoms with Crippen molar-refractivity contribution < 1.29 is 19.1 Å². The summed E-state index contributed by atoms with van der Waals surface area (Å²) in [4.78, 5) is 24.6. The van der Waals surface area contributed by atoms with Crippen LogP contribution in [0.15, 0.2) is 58.1 Å². The number of benzene rings is 2. The normalized spacial score (nSPS) is 10.9. The van der Waals surface area contributed by atoms with Gasteiger partial charge < -0.3 is 14.0 Å². The zero-order chi connectivity index (χ0) is 23.3. The highest BCUT2D eigenvalue weighted by Gasteiger charge is 2.14. The number of halogens is 1. The summed E-state index contributed by atoms with van der Waals surface area (Å²) in [5.41, 5.74) is 6.97. The molecule has 32 heavy (non-hydrogen) atoms. The zero-order valence-electron chi connectivity index (χ0n) is 18.3. The second-order valence-electron chi connectivity index (χ2n) is 6.98. The number of hydrogen-bond donors (Lipinski definition) is 1. The molecule has 2 aromatic carbocycles. The summed E-state index contributed by atoms with van der Waals surface area (Å²) < 4.78 is 13.1. The van der Waals surface area contributed by atoms with Crippen molar-refractivity contribution in [3.05, 3.63) is 81.1 Å². The number of nitrogens with zero attached hydrogens (tertiary/aromatic N) is 2. The van der Waals surface area contributed by atoms with Crippen molar-refractivity contribution in [2.75, 3.05) is 13.7 Å². The van der Waals surface area contributed by atoms with E-state index in [9.17, 15) is 9.59 Å². The Morgan fingerprint density at radius 3 is 2.66 bits per heavy atom. The smallest absolute Gasteiger partial charge is 0.338 e. The number of methoxy groups -OCH3 is 1. The van der Waals surface area contributed by atoms with Crippen molar-refractivity contribution in [2.24, 2.45) is 5.10 Å². The summed E-state index contributed by atoms with van der Waals surface area (Å²) in [6.45, 7) is 6.01. The van der Waals surface area contributed by atoms with Gasteiger partial charge in [0.2, 0.25) is 0 Å². The molecule has 0 bridgehead atoms. The first-order valence-electron chi connectivity index (χ1n) is 9.99. The highest BCUT2D eigenvalue weighted by atomic mass is 79.9. The van der Waals surface area contributed by atoms with Crippen molar-refractivity contribution in [1.82, 2.24) is 9.99 Å². The topological polar surface area (TPSA) is 81.9 Å². The lowest BCUT2D eigenvalue weighted by Crippen LogP contribution is -2.18. The van der Waals surface area contributed by atoms with Crippen molar-refractivity contribution in [2.45, 2.75) is 20.8 Å². The number of ether oxygens (including phenoxy) is 2. The molecule has 0 unspecified atom stereocenters. The Morgan fingerprint density at radius 1 is 1.16 bits per heavy atom. The summed E-state index contributed by atoms with van der Waals surface area (Å²) in [6.07, 6.45) is 1.59. The minimum Gasteiger partial charge on any atom is -0.496 e. The van der Waals surface area contributed by atoms with Gasteiger partial charge in [-0.05, 0) is 63.2 Å². The third-order valence-electron chi connectivity index (χ3n) is 4.86. The fourth-order valence-corrected chi connectivity index (χ4v) is 3.74. The number of rotatable bonds is 7. The maximum absolute atomic E-state index is 12.5. The third-order valence-corrected chi connectivity index (χ3v) is 5.35. The fraction of sp³-hybridized carbons (Fsp3) is 0.208. The first-order chi connectivity index (χ1) is 15.3. The van der Waals surface area contributed by atoms with E-state index in [0.29, 0.717) is 23.5 Å². The second-order valence-corrected chi connectivity index (χ2v) is 7.89. The minimum atomic E-state index is -0.379.